The molecule has 0 amide bonds. The lowest BCUT2D eigenvalue weighted by atomic mass is 9.97. The first-order valence-corrected chi connectivity index (χ1v) is 13.3. The maximum Gasteiger partial charge on any atom is 0.229 e. The highest BCUT2D eigenvalue weighted by Gasteiger charge is 2.51. The van der Waals surface area contributed by atoms with Crippen LogP contribution in [0.2, 0.25) is 0 Å². The number of ether oxygens (including phenoxy) is 5. The Morgan fingerprint density at radius 1 is 0.767 bits per heavy atom. The van der Waals surface area contributed by atoms with Gasteiger partial charge in [-0.15, -0.1) is 0 Å². The van der Waals surface area contributed by atoms with E-state index in [9.17, 15) is 45.6 Å². The van der Waals surface area contributed by atoms with Crippen LogP contribution in [0.5, 0.6) is 17.2 Å². The van der Waals surface area contributed by atoms with Gasteiger partial charge in [-0.3, -0.25) is 4.79 Å². The van der Waals surface area contributed by atoms with Crippen LogP contribution in [-0.2, 0) is 14.2 Å². The van der Waals surface area contributed by atoms with Crippen molar-refractivity contribution in [1.82, 2.24) is 0 Å². The zero-order valence-electron chi connectivity index (χ0n) is 22.7. The number of fused-ring (bicyclic) bond motifs is 1. The van der Waals surface area contributed by atoms with E-state index in [0.29, 0.717) is 11.3 Å². The van der Waals surface area contributed by atoms with E-state index in [1.54, 1.807) is 24.3 Å². The van der Waals surface area contributed by atoms with Crippen LogP contribution in [0.4, 0.5) is 0 Å². The lowest BCUT2D eigenvalue weighted by Crippen LogP contribution is -2.65. The summed E-state index contributed by atoms with van der Waals surface area (Å²) in [5.74, 6) is 0.169. The van der Waals surface area contributed by atoms with E-state index in [1.165, 1.54) is 19.2 Å². The van der Waals surface area contributed by atoms with Crippen molar-refractivity contribution in [3.05, 3.63) is 52.7 Å². The lowest BCUT2D eigenvalue weighted by molar-refractivity contribution is -0.352. The van der Waals surface area contributed by atoms with E-state index in [2.05, 4.69) is 0 Å². The molecule has 0 aliphatic carbocycles. The van der Waals surface area contributed by atoms with Gasteiger partial charge < -0.3 is 69.0 Å². The Hall–Kier alpha value is -3.35. The van der Waals surface area contributed by atoms with E-state index >= 15 is 0 Å². The van der Waals surface area contributed by atoms with Gasteiger partial charge in [0.25, 0.3) is 0 Å². The first-order valence-electron chi connectivity index (χ1n) is 13.3. The molecule has 0 spiro atoms. The third-order valence-electron chi connectivity index (χ3n) is 7.37. The molecule has 0 saturated carbocycles. The summed E-state index contributed by atoms with van der Waals surface area (Å²) < 4.78 is 33.1. The van der Waals surface area contributed by atoms with Crippen LogP contribution in [0.25, 0.3) is 22.3 Å². The summed E-state index contributed by atoms with van der Waals surface area (Å²) in [6.45, 7) is -1.49. The quantitative estimate of drug-likeness (QED) is 0.140. The Balaban J connectivity index is 1.36. The summed E-state index contributed by atoms with van der Waals surface area (Å²) in [5, 5.41) is 81.7. The number of phenolic OH excluding ortho intramolecular Hbond substituents is 1. The zero-order valence-corrected chi connectivity index (χ0v) is 22.7. The molecule has 43 heavy (non-hydrogen) atoms. The molecule has 2 aliphatic heterocycles. The second-order valence-electron chi connectivity index (χ2n) is 10.1. The molecule has 15 nitrogen and oxygen atoms in total. The Morgan fingerprint density at radius 2 is 1.42 bits per heavy atom. The summed E-state index contributed by atoms with van der Waals surface area (Å²) in [6.07, 6.45) is -16.4. The first-order chi connectivity index (χ1) is 20.6. The monoisotopic (exact) mass is 608 g/mol. The average molecular weight is 609 g/mol. The van der Waals surface area contributed by atoms with E-state index in [0.717, 1.165) is 6.07 Å². The van der Waals surface area contributed by atoms with Gasteiger partial charge in [-0.05, 0) is 24.3 Å². The molecule has 2 fully saturated rings. The van der Waals surface area contributed by atoms with Crippen LogP contribution in [0.3, 0.4) is 0 Å². The molecule has 2 aromatic carbocycles. The van der Waals surface area contributed by atoms with Crippen LogP contribution < -0.4 is 14.9 Å². The van der Waals surface area contributed by atoms with Crippen molar-refractivity contribution in [3.8, 4) is 28.6 Å². The third kappa shape index (κ3) is 6.05. The molecule has 0 bridgehead atoms. The number of hydrogen-bond acceptors (Lipinski definition) is 15. The largest absolute Gasteiger partial charge is 0.507 e. The minimum Gasteiger partial charge on any atom is -0.507 e. The fourth-order valence-electron chi connectivity index (χ4n) is 5.00. The summed E-state index contributed by atoms with van der Waals surface area (Å²) in [5.41, 5.74) is -0.0354. The van der Waals surface area contributed by atoms with E-state index in [4.69, 9.17) is 28.1 Å². The predicted molar refractivity (Wildman–Crippen MR) is 143 cm³/mol. The molecule has 15 heteroatoms. The molecular weight excluding hydrogens is 576 g/mol. The van der Waals surface area contributed by atoms with Gasteiger partial charge in [0.15, 0.2) is 11.7 Å². The highest BCUT2D eigenvalue weighted by atomic mass is 16.7. The summed E-state index contributed by atoms with van der Waals surface area (Å²) >= 11 is 0. The van der Waals surface area contributed by atoms with E-state index in [-0.39, 0.29) is 22.5 Å². The summed E-state index contributed by atoms with van der Waals surface area (Å²) in [4.78, 5) is 12.8. The number of rotatable bonds is 8. The number of methoxy groups -OCH3 is 1. The van der Waals surface area contributed by atoms with Gasteiger partial charge in [-0.1, -0.05) is 0 Å². The number of phenols is 1. The van der Waals surface area contributed by atoms with Crippen molar-refractivity contribution in [1.29, 1.82) is 0 Å². The van der Waals surface area contributed by atoms with Gasteiger partial charge in [0.2, 0.25) is 6.29 Å². The van der Waals surface area contributed by atoms with Gasteiger partial charge in [0.1, 0.15) is 82.8 Å². The number of hydrogen-bond donors (Lipinski definition) is 8. The summed E-state index contributed by atoms with van der Waals surface area (Å²) in [7, 11) is 1.51. The molecule has 8 N–H and O–H groups in total. The molecule has 2 aliphatic rings. The normalized spacial score (nSPS) is 32.9. The molecule has 0 unspecified atom stereocenters. The van der Waals surface area contributed by atoms with Gasteiger partial charge in [0, 0.05) is 23.8 Å². The van der Waals surface area contributed by atoms with Crippen molar-refractivity contribution in [2.24, 2.45) is 0 Å². The van der Waals surface area contributed by atoms with Crippen LogP contribution in [0.1, 0.15) is 0 Å². The molecule has 234 valence electrons. The Labute approximate surface area is 243 Å². The van der Waals surface area contributed by atoms with Crippen LogP contribution in [-0.4, -0.2) is 123 Å². The fraction of sp³-hybridized carbons (Fsp3) is 0.464. The summed E-state index contributed by atoms with van der Waals surface area (Å²) in [6, 6.07) is 10.3. The predicted octanol–water partition coefficient (Wildman–Crippen LogP) is -1.82. The number of aliphatic hydroxyl groups excluding tert-OH is 7. The molecule has 2 saturated heterocycles. The van der Waals surface area contributed by atoms with E-state index in [1.807, 2.05) is 0 Å². The van der Waals surface area contributed by atoms with Crippen molar-refractivity contribution < 1.29 is 69.0 Å². The Kier molecular flexibility index (Phi) is 9.19. The molecule has 5 rings (SSSR count). The Bertz CT molecular complexity index is 1460. The minimum absolute atomic E-state index is 0.0540. The SMILES string of the molecule is COc1ccc(-c2cc(=O)c3c(O)cc(O[C@@H]4O[C@H](CO)[C@@H](O[C@@H]5O[C@H](CO)[C@@H](O)[C@H](O)[C@H]5O)[C@H](O)[C@H]4O)cc3o2)cc1. The molecule has 3 aromatic rings. The lowest BCUT2D eigenvalue weighted by Gasteiger charge is -2.45. The van der Waals surface area contributed by atoms with Crippen molar-refractivity contribution in [2.45, 2.75) is 61.4 Å². The number of aromatic hydroxyl groups is 1. The highest BCUT2D eigenvalue weighted by Crippen LogP contribution is 2.34. The number of benzene rings is 2. The van der Waals surface area contributed by atoms with Crippen LogP contribution >= 0.6 is 0 Å². The maximum absolute atomic E-state index is 12.8. The van der Waals surface area contributed by atoms with Gasteiger partial charge in [0.05, 0.1) is 20.3 Å². The Morgan fingerprint density at radius 3 is 2.07 bits per heavy atom. The standard InChI is InChI=1S/C28H32O15/c1-38-12-4-2-11(3-5-12)16-8-15(32)20-14(31)6-13(7-17(20)40-16)39-27-25(37)23(35)26(19(10-30)42-27)43-28-24(36)22(34)21(33)18(9-29)41-28/h2-8,18-19,21-31,33-37H,9-10H2,1H3/t18-,19-,21-,22+,23-,24-,25-,26-,27-,28+/m1/s1. The molecule has 0 radical (unpaired) electrons. The second kappa shape index (κ2) is 12.7. The van der Waals surface area contributed by atoms with E-state index < -0.39 is 85.8 Å². The fourth-order valence-corrected chi connectivity index (χ4v) is 5.00. The molecule has 10 atom stereocenters. The van der Waals surface area contributed by atoms with Gasteiger partial charge in [-0.2, -0.15) is 0 Å². The zero-order chi connectivity index (χ0) is 31.0. The van der Waals surface area contributed by atoms with Crippen molar-refractivity contribution in [2.75, 3.05) is 20.3 Å². The maximum atomic E-state index is 12.8. The minimum atomic E-state index is -1.83. The third-order valence-corrected chi connectivity index (χ3v) is 7.37. The molecule has 3 heterocycles. The molecular formula is C28H32O15. The van der Waals surface area contributed by atoms with Crippen LogP contribution in [0.15, 0.2) is 51.7 Å². The topological polar surface area (TPSA) is 238 Å². The van der Waals surface area contributed by atoms with Crippen LogP contribution in [0, 0.1) is 0 Å². The van der Waals surface area contributed by atoms with Crippen molar-refractivity contribution in [3.63, 3.8) is 0 Å². The average Bonchev–Trinajstić information content (AvgIpc) is 3.00. The van der Waals surface area contributed by atoms with Gasteiger partial charge >= 0.3 is 0 Å². The molecule has 1 aromatic heterocycles. The van der Waals surface area contributed by atoms with Gasteiger partial charge in [-0.25, -0.2) is 0 Å². The smallest absolute Gasteiger partial charge is 0.229 e. The first kappa shape index (κ1) is 31.1. The highest BCUT2D eigenvalue weighted by molar-refractivity contribution is 5.86. The van der Waals surface area contributed by atoms with Crippen molar-refractivity contribution >= 4 is 11.0 Å². The number of aliphatic hydroxyl groups is 7. The second-order valence-corrected chi connectivity index (χ2v) is 10.1.